The minimum Gasteiger partial charge on any atom is -0.469 e. The van der Waals surface area contributed by atoms with Crippen LogP contribution in [-0.4, -0.2) is 13.1 Å². The maximum Gasteiger partial charge on any atom is 0.306 e. The molecule has 0 spiro atoms. The zero-order valence-electron chi connectivity index (χ0n) is 9.41. The van der Waals surface area contributed by atoms with E-state index in [9.17, 15) is 4.79 Å². The predicted molar refractivity (Wildman–Crippen MR) is 60.6 cm³/mol. The van der Waals surface area contributed by atoms with Gasteiger partial charge in [-0.1, -0.05) is 24.6 Å². The molecule has 0 aliphatic rings. The SMILES string of the molecule is COC(=O)CC(C)c1cc(C)ccc1N. The number of benzene rings is 1. The summed E-state index contributed by atoms with van der Waals surface area (Å²) in [6.07, 6.45) is 0.365. The molecule has 0 saturated carbocycles. The Morgan fingerprint density at radius 2 is 2.20 bits per heavy atom. The zero-order chi connectivity index (χ0) is 11.4. The molecule has 1 atom stereocenters. The molecule has 0 aliphatic heterocycles. The Kier molecular flexibility index (Phi) is 3.72. The second-order valence-electron chi connectivity index (χ2n) is 3.81. The van der Waals surface area contributed by atoms with Crippen molar-refractivity contribution in [2.75, 3.05) is 12.8 Å². The summed E-state index contributed by atoms with van der Waals surface area (Å²) in [7, 11) is 1.40. The normalized spacial score (nSPS) is 12.2. The molecule has 0 heterocycles. The Bertz CT molecular complexity index is 361. The maximum atomic E-state index is 11.1. The number of nitrogens with two attached hydrogens (primary N) is 1. The van der Waals surface area contributed by atoms with Crippen molar-refractivity contribution in [2.45, 2.75) is 26.2 Å². The van der Waals surface area contributed by atoms with E-state index in [1.54, 1.807) is 0 Å². The minimum atomic E-state index is -0.205. The van der Waals surface area contributed by atoms with Gasteiger partial charge in [-0.25, -0.2) is 0 Å². The fourth-order valence-electron chi connectivity index (χ4n) is 1.56. The standard InChI is InChI=1S/C12H17NO2/c1-8-4-5-11(13)10(6-8)9(2)7-12(14)15-3/h4-6,9H,7,13H2,1-3H3. The number of anilines is 1. The van der Waals surface area contributed by atoms with E-state index in [2.05, 4.69) is 4.74 Å². The first-order chi connectivity index (χ1) is 7.04. The van der Waals surface area contributed by atoms with Gasteiger partial charge in [-0.15, -0.1) is 0 Å². The molecule has 3 heteroatoms. The van der Waals surface area contributed by atoms with E-state index in [1.807, 2.05) is 32.0 Å². The van der Waals surface area contributed by atoms with Gasteiger partial charge in [0, 0.05) is 5.69 Å². The van der Waals surface area contributed by atoms with Gasteiger partial charge in [-0.3, -0.25) is 4.79 Å². The molecule has 1 rings (SSSR count). The van der Waals surface area contributed by atoms with Crippen molar-refractivity contribution in [2.24, 2.45) is 0 Å². The van der Waals surface area contributed by atoms with Gasteiger partial charge < -0.3 is 10.5 Å². The molecule has 0 radical (unpaired) electrons. The zero-order valence-corrected chi connectivity index (χ0v) is 9.41. The lowest BCUT2D eigenvalue weighted by Crippen LogP contribution is -2.08. The Labute approximate surface area is 90.2 Å². The Morgan fingerprint density at radius 3 is 2.80 bits per heavy atom. The second-order valence-corrected chi connectivity index (χ2v) is 3.81. The largest absolute Gasteiger partial charge is 0.469 e. The van der Waals surface area contributed by atoms with Gasteiger partial charge >= 0.3 is 5.97 Å². The van der Waals surface area contributed by atoms with Crippen molar-refractivity contribution < 1.29 is 9.53 Å². The molecule has 1 unspecified atom stereocenters. The van der Waals surface area contributed by atoms with Crippen molar-refractivity contribution in [3.8, 4) is 0 Å². The summed E-state index contributed by atoms with van der Waals surface area (Å²) in [5, 5.41) is 0. The smallest absolute Gasteiger partial charge is 0.306 e. The van der Waals surface area contributed by atoms with Crippen LogP contribution in [0.3, 0.4) is 0 Å². The number of hydrogen-bond donors (Lipinski definition) is 1. The highest BCUT2D eigenvalue weighted by atomic mass is 16.5. The molecule has 1 aromatic rings. The number of esters is 1. The summed E-state index contributed by atoms with van der Waals surface area (Å²) in [5.74, 6) is -0.110. The third-order valence-electron chi connectivity index (χ3n) is 2.47. The van der Waals surface area contributed by atoms with Crippen LogP contribution in [0.1, 0.15) is 30.4 Å². The average molecular weight is 207 g/mol. The molecule has 82 valence electrons. The number of hydrogen-bond acceptors (Lipinski definition) is 3. The van der Waals surface area contributed by atoms with Gasteiger partial charge in [0.1, 0.15) is 0 Å². The van der Waals surface area contributed by atoms with Crippen LogP contribution in [0.2, 0.25) is 0 Å². The van der Waals surface area contributed by atoms with Gasteiger partial charge in [-0.05, 0) is 24.5 Å². The third kappa shape index (κ3) is 2.98. The van der Waals surface area contributed by atoms with Crippen molar-refractivity contribution in [3.05, 3.63) is 29.3 Å². The number of rotatable bonds is 3. The molecule has 15 heavy (non-hydrogen) atoms. The molecule has 1 aromatic carbocycles. The molecule has 0 fully saturated rings. The van der Waals surface area contributed by atoms with E-state index in [1.165, 1.54) is 7.11 Å². The monoisotopic (exact) mass is 207 g/mol. The quantitative estimate of drug-likeness (QED) is 0.611. The van der Waals surface area contributed by atoms with Crippen LogP contribution in [0.25, 0.3) is 0 Å². The van der Waals surface area contributed by atoms with Gasteiger partial charge in [0.15, 0.2) is 0 Å². The number of aryl methyl sites for hydroxylation is 1. The fourth-order valence-corrected chi connectivity index (χ4v) is 1.56. The fraction of sp³-hybridized carbons (Fsp3) is 0.417. The number of nitrogen functional groups attached to an aromatic ring is 1. The maximum absolute atomic E-state index is 11.1. The van der Waals surface area contributed by atoms with Crippen molar-refractivity contribution in [1.82, 2.24) is 0 Å². The van der Waals surface area contributed by atoms with Crippen LogP contribution in [0.15, 0.2) is 18.2 Å². The molecule has 0 saturated heterocycles. The summed E-state index contributed by atoms with van der Waals surface area (Å²) in [6, 6.07) is 5.85. The topological polar surface area (TPSA) is 52.3 Å². The lowest BCUT2D eigenvalue weighted by molar-refractivity contribution is -0.140. The first kappa shape index (κ1) is 11.6. The highest BCUT2D eigenvalue weighted by molar-refractivity contribution is 5.71. The van der Waals surface area contributed by atoms with E-state index >= 15 is 0 Å². The van der Waals surface area contributed by atoms with Crippen LogP contribution in [0, 0.1) is 6.92 Å². The Balaban J connectivity index is 2.85. The molecule has 0 aromatic heterocycles. The molecular weight excluding hydrogens is 190 g/mol. The Hall–Kier alpha value is -1.51. The van der Waals surface area contributed by atoms with Crippen LogP contribution in [0.4, 0.5) is 5.69 Å². The Morgan fingerprint density at radius 1 is 1.53 bits per heavy atom. The number of ether oxygens (including phenoxy) is 1. The van der Waals surface area contributed by atoms with E-state index in [4.69, 9.17) is 5.73 Å². The summed E-state index contributed by atoms with van der Waals surface area (Å²) in [4.78, 5) is 11.1. The summed E-state index contributed by atoms with van der Waals surface area (Å²) >= 11 is 0. The predicted octanol–water partition coefficient (Wildman–Crippen LogP) is 2.24. The van der Waals surface area contributed by atoms with Crippen molar-refractivity contribution in [3.63, 3.8) is 0 Å². The van der Waals surface area contributed by atoms with E-state index < -0.39 is 0 Å². The van der Waals surface area contributed by atoms with Crippen LogP contribution >= 0.6 is 0 Å². The average Bonchev–Trinajstić information content (AvgIpc) is 2.21. The highest BCUT2D eigenvalue weighted by Crippen LogP contribution is 2.26. The van der Waals surface area contributed by atoms with Gasteiger partial charge in [0.25, 0.3) is 0 Å². The lowest BCUT2D eigenvalue weighted by atomic mass is 9.95. The highest BCUT2D eigenvalue weighted by Gasteiger charge is 2.13. The van der Waals surface area contributed by atoms with E-state index in [0.29, 0.717) is 6.42 Å². The molecule has 0 amide bonds. The molecule has 2 N–H and O–H groups in total. The third-order valence-corrected chi connectivity index (χ3v) is 2.47. The van der Waals surface area contributed by atoms with Crippen LogP contribution in [0.5, 0.6) is 0 Å². The number of carbonyl (C=O) groups is 1. The van der Waals surface area contributed by atoms with Crippen molar-refractivity contribution in [1.29, 1.82) is 0 Å². The van der Waals surface area contributed by atoms with E-state index in [-0.39, 0.29) is 11.9 Å². The summed E-state index contributed by atoms with van der Waals surface area (Å²) in [6.45, 7) is 3.98. The molecular formula is C12H17NO2. The molecule has 0 bridgehead atoms. The van der Waals surface area contributed by atoms with Crippen LogP contribution in [-0.2, 0) is 9.53 Å². The molecule has 3 nitrogen and oxygen atoms in total. The van der Waals surface area contributed by atoms with E-state index in [0.717, 1.165) is 16.8 Å². The minimum absolute atomic E-state index is 0.0948. The first-order valence-corrected chi connectivity index (χ1v) is 4.97. The number of carbonyl (C=O) groups excluding carboxylic acids is 1. The first-order valence-electron chi connectivity index (χ1n) is 4.97. The summed E-state index contributed by atoms with van der Waals surface area (Å²) in [5.41, 5.74) is 8.75. The summed E-state index contributed by atoms with van der Waals surface area (Å²) < 4.78 is 4.63. The number of methoxy groups -OCH3 is 1. The second kappa shape index (κ2) is 4.82. The lowest BCUT2D eigenvalue weighted by Gasteiger charge is -2.13. The van der Waals surface area contributed by atoms with Crippen LogP contribution < -0.4 is 5.73 Å². The van der Waals surface area contributed by atoms with Crippen molar-refractivity contribution >= 4 is 11.7 Å². The van der Waals surface area contributed by atoms with Gasteiger partial charge in [0.2, 0.25) is 0 Å². The molecule has 0 aliphatic carbocycles. The van der Waals surface area contributed by atoms with Gasteiger partial charge in [-0.2, -0.15) is 0 Å². The van der Waals surface area contributed by atoms with Gasteiger partial charge in [0.05, 0.1) is 13.5 Å².